The molecule has 6 nitrogen and oxygen atoms in total. The molecule has 0 aromatic carbocycles. The fraction of sp³-hybridized carbons (Fsp3) is 0.500. The molecule has 0 radical (unpaired) electrons. The number of piperidine rings is 1. The minimum Gasteiger partial charge on any atom is -0.355 e. The van der Waals surface area contributed by atoms with Gasteiger partial charge in [-0.1, -0.05) is 19.0 Å². The third-order valence-corrected chi connectivity index (χ3v) is 5.10. The Balaban J connectivity index is 1.60. The van der Waals surface area contributed by atoms with Crippen LogP contribution >= 0.6 is 11.3 Å². The monoisotopic (exact) mass is 329 g/mol. The van der Waals surface area contributed by atoms with Gasteiger partial charge in [0.2, 0.25) is 5.89 Å². The fourth-order valence-electron chi connectivity index (χ4n) is 3.06. The number of fused-ring (bicyclic) bond motifs is 1. The zero-order chi connectivity index (χ0) is 15.8. The summed E-state index contributed by atoms with van der Waals surface area (Å²) in [4.78, 5) is 16.8. The van der Waals surface area contributed by atoms with E-state index >= 15 is 0 Å². The Morgan fingerprint density at radius 2 is 2.26 bits per heavy atom. The first-order valence-electron chi connectivity index (χ1n) is 7.99. The van der Waals surface area contributed by atoms with Gasteiger partial charge >= 0.3 is 0 Å². The number of hydrogen-bond acceptors (Lipinski definition) is 7. The summed E-state index contributed by atoms with van der Waals surface area (Å²) in [5.41, 5.74) is 0. The number of nitrogens with zero attached hydrogens (tertiary/aromatic N) is 5. The van der Waals surface area contributed by atoms with E-state index in [4.69, 9.17) is 4.52 Å². The Bertz CT molecular complexity index is 812. The van der Waals surface area contributed by atoms with Crippen LogP contribution < -0.4 is 4.90 Å². The Hall–Kier alpha value is -2.02. The smallest absolute Gasteiger partial charge is 0.229 e. The molecule has 1 saturated heterocycles. The summed E-state index contributed by atoms with van der Waals surface area (Å²) in [5.74, 6) is 3.13. The topological polar surface area (TPSA) is 67.9 Å². The molecule has 0 saturated carbocycles. The van der Waals surface area contributed by atoms with Crippen LogP contribution in [0.1, 0.15) is 50.2 Å². The summed E-state index contributed by atoms with van der Waals surface area (Å²) < 4.78 is 5.37. The van der Waals surface area contributed by atoms with Gasteiger partial charge in [0, 0.05) is 24.9 Å². The molecule has 3 aromatic heterocycles. The maximum atomic E-state index is 5.37. The molecule has 1 fully saturated rings. The highest BCUT2D eigenvalue weighted by Gasteiger charge is 2.27. The van der Waals surface area contributed by atoms with E-state index in [9.17, 15) is 0 Å². The molecule has 1 aliphatic rings. The Labute approximate surface area is 138 Å². The van der Waals surface area contributed by atoms with Crippen molar-refractivity contribution in [2.45, 2.75) is 38.5 Å². The van der Waals surface area contributed by atoms with Crippen molar-refractivity contribution in [1.29, 1.82) is 0 Å². The van der Waals surface area contributed by atoms with Crippen LogP contribution in [-0.4, -0.2) is 33.2 Å². The molecule has 120 valence electrons. The molecular weight excluding hydrogens is 310 g/mol. The van der Waals surface area contributed by atoms with Crippen LogP contribution in [0.25, 0.3) is 10.2 Å². The van der Waals surface area contributed by atoms with Gasteiger partial charge in [0.05, 0.1) is 5.39 Å². The number of hydrogen-bond donors (Lipinski definition) is 0. The maximum Gasteiger partial charge on any atom is 0.229 e. The van der Waals surface area contributed by atoms with Crippen molar-refractivity contribution in [3.63, 3.8) is 0 Å². The molecule has 0 aliphatic carbocycles. The number of thiophene rings is 1. The Morgan fingerprint density at radius 1 is 1.35 bits per heavy atom. The van der Waals surface area contributed by atoms with Crippen molar-refractivity contribution in [2.24, 2.45) is 0 Å². The van der Waals surface area contributed by atoms with Crippen molar-refractivity contribution >= 4 is 27.4 Å². The minimum absolute atomic E-state index is 0.267. The summed E-state index contributed by atoms with van der Waals surface area (Å²) in [6, 6.07) is 2.10. The lowest BCUT2D eigenvalue weighted by Gasteiger charge is -2.32. The minimum atomic E-state index is 0.267. The average molecular weight is 329 g/mol. The van der Waals surface area contributed by atoms with E-state index in [1.807, 2.05) is 0 Å². The molecule has 1 unspecified atom stereocenters. The predicted molar refractivity (Wildman–Crippen MR) is 90.0 cm³/mol. The number of rotatable bonds is 3. The molecule has 1 aliphatic heterocycles. The molecule has 1 atom stereocenters. The largest absolute Gasteiger partial charge is 0.355 e. The number of aromatic nitrogens is 4. The number of anilines is 1. The summed E-state index contributed by atoms with van der Waals surface area (Å²) in [7, 11) is 0. The van der Waals surface area contributed by atoms with Crippen molar-refractivity contribution in [2.75, 3.05) is 18.0 Å². The van der Waals surface area contributed by atoms with E-state index in [0.717, 1.165) is 53.7 Å². The summed E-state index contributed by atoms with van der Waals surface area (Å²) >= 11 is 1.65. The molecule has 4 rings (SSSR count). The van der Waals surface area contributed by atoms with Crippen molar-refractivity contribution in [3.8, 4) is 0 Å². The van der Waals surface area contributed by atoms with Crippen LogP contribution in [-0.2, 0) is 0 Å². The molecule has 0 bridgehead atoms. The second kappa shape index (κ2) is 5.88. The highest BCUT2D eigenvalue weighted by molar-refractivity contribution is 7.16. The van der Waals surface area contributed by atoms with Gasteiger partial charge in [0.1, 0.15) is 17.0 Å². The lowest BCUT2D eigenvalue weighted by Crippen LogP contribution is -2.35. The van der Waals surface area contributed by atoms with E-state index in [2.05, 4.69) is 50.3 Å². The normalized spacial score (nSPS) is 18.9. The van der Waals surface area contributed by atoms with Crippen molar-refractivity contribution < 1.29 is 4.52 Å². The third-order valence-electron chi connectivity index (χ3n) is 4.28. The van der Waals surface area contributed by atoms with Crippen LogP contribution in [0.4, 0.5) is 5.82 Å². The van der Waals surface area contributed by atoms with Crippen LogP contribution in [0.5, 0.6) is 0 Å². The van der Waals surface area contributed by atoms with Gasteiger partial charge in [0.25, 0.3) is 0 Å². The zero-order valence-electron chi connectivity index (χ0n) is 13.3. The first-order valence-corrected chi connectivity index (χ1v) is 8.87. The average Bonchev–Trinajstić information content (AvgIpc) is 3.24. The van der Waals surface area contributed by atoms with Crippen molar-refractivity contribution in [1.82, 2.24) is 20.1 Å². The predicted octanol–water partition coefficient (Wildman–Crippen LogP) is 3.58. The highest BCUT2D eigenvalue weighted by atomic mass is 32.1. The molecule has 7 heteroatoms. The van der Waals surface area contributed by atoms with Gasteiger partial charge in [-0.15, -0.1) is 11.3 Å². The standard InChI is InChI=1S/C16H19N5OS/c1-10(2)15-19-13(20-22-15)11-4-3-6-21(8-11)14-12-5-7-23-16(12)18-9-17-14/h5,7,9-11H,3-4,6,8H2,1-2H3. The quantitative estimate of drug-likeness (QED) is 0.731. The van der Waals surface area contributed by atoms with Crippen molar-refractivity contribution in [3.05, 3.63) is 29.5 Å². The van der Waals surface area contributed by atoms with Crippen LogP contribution in [0, 0.1) is 0 Å². The second-order valence-corrected chi connectivity index (χ2v) is 7.16. The van der Waals surface area contributed by atoms with Gasteiger partial charge in [-0.3, -0.25) is 0 Å². The van der Waals surface area contributed by atoms with Gasteiger partial charge in [-0.05, 0) is 24.3 Å². The lowest BCUT2D eigenvalue weighted by atomic mass is 9.97. The molecule has 0 spiro atoms. The van der Waals surface area contributed by atoms with Crippen LogP contribution in [0.2, 0.25) is 0 Å². The van der Waals surface area contributed by atoms with E-state index in [1.165, 1.54) is 0 Å². The van der Waals surface area contributed by atoms with Gasteiger partial charge in [-0.2, -0.15) is 4.98 Å². The lowest BCUT2D eigenvalue weighted by molar-refractivity contribution is 0.354. The van der Waals surface area contributed by atoms with E-state index in [1.54, 1.807) is 17.7 Å². The molecule has 23 heavy (non-hydrogen) atoms. The summed E-state index contributed by atoms with van der Waals surface area (Å²) in [6.45, 7) is 6.02. The molecule has 3 aromatic rings. The Morgan fingerprint density at radius 3 is 3.09 bits per heavy atom. The highest BCUT2D eigenvalue weighted by Crippen LogP contribution is 2.32. The first kappa shape index (κ1) is 14.6. The van der Waals surface area contributed by atoms with Crippen LogP contribution in [0.15, 0.2) is 22.3 Å². The van der Waals surface area contributed by atoms with E-state index in [-0.39, 0.29) is 5.92 Å². The van der Waals surface area contributed by atoms with Gasteiger partial charge in [0.15, 0.2) is 5.82 Å². The molecule has 4 heterocycles. The first-order chi connectivity index (χ1) is 11.2. The maximum absolute atomic E-state index is 5.37. The molecule has 0 amide bonds. The van der Waals surface area contributed by atoms with Crippen LogP contribution in [0.3, 0.4) is 0 Å². The van der Waals surface area contributed by atoms with Gasteiger partial charge < -0.3 is 9.42 Å². The van der Waals surface area contributed by atoms with E-state index < -0.39 is 0 Å². The summed E-state index contributed by atoms with van der Waals surface area (Å²) in [5, 5.41) is 7.40. The molecule has 0 N–H and O–H groups in total. The molecular formula is C16H19N5OS. The third kappa shape index (κ3) is 2.69. The second-order valence-electron chi connectivity index (χ2n) is 6.27. The summed E-state index contributed by atoms with van der Waals surface area (Å²) in [6.07, 6.45) is 3.85. The van der Waals surface area contributed by atoms with E-state index in [0.29, 0.717) is 5.92 Å². The Kier molecular flexibility index (Phi) is 3.72. The van der Waals surface area contributed by atoms with Gasteiger partial charge in [-0.25, -0.2) is 9.97 Å². The SMILES string of the molecule is CC(C)c1nc(C2CCCN(c3ncnc4sccc34)C2)no1. The zero-order valence-corrected chi connectivity index (χ0v) is 14.1. The fourth-order valence-corrected chi connectivity index (χ4v) is 3.78.